The molecule has 2 aliphatic rings. The Morgan fingerprint density at radius 2 is 0.958 bits per heavy atom. The molecule has 0 radical (unpaired) electrons. The second-order valence-electron chi connectivity index (χ2n) is 10.6. The molecule has 0 aliphatic heterocycles. The molecule has 2 rings (SSSR count). The second-order valence-corrected chi connectivity index (χ2v) is 50.7. The molecule has 0 bridgehead atoms. The van der Waals surface area contributed by atoms with Crippen LogP contribution in [0.25, 0.3) is 0 Å². The zero-order valence-electron chi connectivity index (χ0n) is 17.1. The van der Waals surface area contributed by atoms with Crippen LogP contribution in [0.5, 0.6) is 0 Å². The molecule has 0 aromatic rings. The van der Waals surface area contributed by atoms with Crippen LogP contribution in [0.3, 0.4) is 0 Å². The number of allylic oxidation sites excluding steroid dienone is 8. The van der Waals surface area contributed by atoms with Gasteiger partial charge in [0, 0.05) is 0 Å². The predicted octanol–water partition coefficient (Wildman–Crippen LogP) is 6.83. The molecule has 0 saturated carbocycles. The maximum absolute atomic E-state index is 2.68. The van der Waals surface area contributed by atoms with E-state index in [1.165, 1.54) is 12.1 Å². The van der Waals surface area contributed by atoms with Crippen molar-refractivity contribution in [3.63, 3.8) is 0 Å². The Bertz CT molecular complexity index is 499. The van der Waals surface area contributed by atoms with Gasteiger partial charge in [0.05, 0.1) is 0 Å². The fraction of sp³-hybridized carbons (Fsp3) is 0.600. The minimum atomic E-state index is -1.99. The summed E-state index contributed by atoms with van der Waals surface area (Å²) in [7, 11) is -2.22. The van der Waals surface area contributed by atoms with Crippen molar-refractivity contribution in [2.45, 2.75) is 70.8 Å². The molecule has 0 aromatic carbocycles. The number of rotatable bonds is 7. The molecule has 4 heteroatoms. The molecule has 0 amide bonds. The van der Waals surface area contributed by atoms with Crippen molar-refractivity contribution in [1.82, 2.24) is 0 Å². The summed E-state index contributed by atoms with van der Waals surface area (Å²) >= 11 is -1.99. The normalized spacial score (nSPS) is 21.2. The summed E-state index contributed by atoms with van der Waals surface area (Å²) in [5.41, 5.74) is 0. The molecule has 2 aliphatic carbocycles. The summed E-state index contributed by atoms with van der Waals surface area (Å²) in [5, 5.41) is 0. The quantitative estimate of drug-likeness (QED) is 0.311. The van der Waals surface area contributed by atoms with Gasteiger partial charge in [0.25, 0.3) is 0 Å². The summed E-state index contributed by atoms with van der Waals surface area (Å²) in [4.78, 5) is 0. The Balaban J connectivity index is 2.54. The van der Waals surface area contributed by atoms with Crippen LogP contribution in [0.4, 0.5) is 0 Å². The molecule has 0 N–H and O–H groups in total. The predicted molar refractivity (Wildman–Crippen MR) is 117 cm³/mol. The zero-order valence-corrected chi connectivity index (χ0v) is 23.9. The Labute approximate surface area is 161 Å². The van der Waals surface area contributed by atoms with Crippen molar-refractivity contribution in [2.75, 3.05) is 0 Å². The van der Waals surface area contributed by atoms with Gasteiger partial charge in [0.2, 0.25) is 0 Å². The van der Waals surface area contributed by atoms with E-state index in [-0.39, 0.29) is 0 Å². The third-order valence-corrected chi connectivity index (χ3v) is 44.1. The summed E-state index contributed by atoms with van der Waals surface area (Å²) in [6.45, 7) is 20.8. The van der Waals surface area contributed by atoms with E-state index in [1.807, 2.05) is 0 Å². The van der Waals surface area contributed by atoms with Crippen LogP contribution in [0.2, 0.25) is 70.8 Å². The molecule has 0 heterocycles. The molecular weight excluding hydrogens is 503 g/mol. The van der Waals surface area contributed by atoms with Crippen molar-refractivity contribution in [1.29, 1.82) is 0 Å². The van der Waals surface area contributed by atoms with Crippen molar-refractivity contribution in [2.24, 2.45) is 0 Å². The Hall–Kier alpha value is 0.481. The molecule has 0 fully saturated rings. The summed E-state index contributed by atoms with van der Waals surface area (Å²) < 4.78 is 1.02. The van der Waals surface area contributed by atoms with E-state index in [0.29, 0.717) is 6.34 Å². The molecule has 0 saturated heterocycles. The topological polar surface area (TPSA) is 0 Å². The van der Waals surface area contributed by atoms with E-state index < -0.39 is 42.7 Å². The molecular formula is C20H37HfSi3. The summed E-state index contributed by atoms with van der Waals surface area (Å²) in [5.74, 6) is -0.653. The van der Waals surface area contributed by atoms with Gasteiger partial charge in [-0.3, -0.25) is 0 Å². The first-order chi connectivity index (χ1) is 10.9. The standard InChI is InChI=1S/2C9H15Si.C2H7Si.Hf/c2*1-10(2,3)8-9-6-4-5-7-9;1-3-2;/h2*4-7H,8H2,1-3H3;3H,1-2H3;. The van der Waals surface area contributed by atoms with Gasteiger partial charge >= 0.3 is 162 Å². The fourth-order valence-electron chi connectivity index (χ4n) is 5.07. The van der Waals surface area contributed by atoms with Crippen molar-refractivity contribution in [3.8, 4) is 0 Å². The van der Waals surface area contributed by atoms with Crippen LogP contribution in [0.1, 0.15) is 0 Å². The Morgan fingerprint density at radius 1 is 0.667 bits per heavy atom. The van der Waals surface area contributed by atoms with Crippen LogP contribution in [0, 0.1) is 0 Å². The third-order valence-electron chi connectivity index (χ3n) is 5.02. The van der Waals surface area contributed by atoms with Gasteiger partial charge in [0.1, 0.15) is 0 Å². The molecule has 0 nitrogen and oxygen atoms in total. The van der Waals surface area contributed by atoms with E-state index in [0.717, 1.165) is 0 Å². The van der Waals surface area contributed by atoms with Crippen molar-refractivity contribution >= 4 is 22.1 Å². The Kier molecular flexibility index (Phi) is 6.27. The van der Waals surface area contributed by atoms with Crippen LogP contribution in [0.15, 0.2) is 48.6 Å². The monoisotopic (exact) mass is 541 g/mol. The van der Waals surface area contributed by atoms with Gasteiger partial charge in [0.15, 0.2) is 0 Å². The van der Waals surface area contributed by atoms with Gasteiger partial charge in [-0.05, 0) is 0 Å². The average Bonchev–Trinajstić information content (AvgIpc) is 2.95. The number of hydrogen-bond acceptors (Lipinski definition) is 0. The first kappa shape index (κ1) is 20.8. The molecule has 0 unspecified atom stereocenters. The van der Waals surface area contributed by atoms with E-state index in [1.54, 1.807) is 0 Å². The van der Waals surface area contributed by atoms with Gasteiger partial charge in [-0.15, -0.1) is 0 Å². The van der Waals surface area contributed by atoms with Gasteiger partial charge in [-0.2, -0.15) is 0 Å². The number of hydrogen-bond donors (Lipinski definition) is 0. The fourth-order valence-corrected chi connectivity index (χ4v) is 65.5. The maximum atomic E-state index is 2.68. The van der Waals surface area contributed by atoms with E-state index >= 15 is 0 Å². The van der Waals surface area contributed by atoms with E-state index in [4.69, 9.17) is 0 Å². The molecule has 0 spiro atoms. The van der Waals surface area contributed by atoms with Crippen LogP contribution >= 0.6 is 0 Å². The van der Waals surface area contributed by atoms with E-state index in [2.05, 4.69) is 101 Å². The van der Waals surface area contributed by atoms with E-state index in [9.17, 15) is 0 Å². The van der Waals surface area contributed by atoms with Crippen LogP contribution < -0.4 is 0 Å². The summed E-state index contributed by atoms with van der Waals surface area (Å²) in [6, 6.07) is 2.96. The van der Waals surface area contributed by atoms with Gasteiger partial charge in [-0.25, -0.2) is 0 Å². The van der Waals surface area contributed by atoms with Gasteiger partial charge in [-0.1, -0.05) is 0 Å². The van der Waals surface area contributed by atoms with Crippen molar-refractivity contribution < 1.29 is 20.6 Å². The Morgan fingerprint density at radius 3 is 1.17 bits per heavy atom. The second kappa shape index (κ2) is 7.24. The first-order valence-corrected chi connectivity index (χ1v) is 29.6. The van der Waals surface area contributed by atoms with Crippen LogP contribution in [-0.4, -0.2) is 22.1 Å². The molecule has 0 aromatic heterocycles. The SMILES string of the molecule is C[SiH](C)[Hf]([C]1(C[Si](C)(C)C)C=CC=C1)[C]1(C[Si](C)(C)C)C=CC=C1. The third kappa shape index (κ3) is 4.80. The zero-order chi connectivity index (χ0) is 18.2. The summed E-state index contributed by atoms with van der Waals surface area (Å²) in [6.07, 6.45) is 20.2. The van der Waals surface area contributed by atoms with Crippen molar-refractivity contribution in [3.05, 3.63) is 48.6 Å². The molecule has 0 atom stereocenters. The van der Waals surface area contributed by atoms with Crippen LogP contribution in [-0.2, 0) is 20.6 Å². The minimum absolute atomic E-state index is 0.508. The average molecular weight is 540 g/mol. The molecule has 133 valence electrons. The first-order valence-electron chi connectivity index (χ1n) is 9.51. The van der Waals surface area contributed by atoms with Gasteiger partial charge < -0.3 is 0 Å². The molecule has 24 heavy (non-hydrogen) atoms.